The SMILES string of the molecule is Nc1ccc([N+](=O)[O-])c(Oc2c(Br)cccc2[N+](=O)[O-])n1. The van der Waals surface area contributed by atoms with Gasteiger partial charge < -0.3 is 10.5 Å². The molecular weight excluding hydrogens is 348 g/mol. The maximum Gasteiger partial charge on any atom is 0.331 e. The Morgan fingerprint density at radius 3 is 2.38 bits per heavy atom. The van der Waals surface area contributed by atoms with Gasteiger partial charge in [0.15, 0.2) is 0 Å². The number of nitrogen functional groups attached to an aromatic ring is 1. The van der Waals surface area contributed by atoms with Crippen molar-refractivity contribution in [3.8, 4) is 11.6 Å². The Morgan fingerprint density at radius 2 is 1.76 bits per heavy atom. The summed E-state index contributed by atoms with van der Waals surface area (Å²) in [5.41, 5.74) is 4.65. The first-order valence-corrected chi connectivity index (χ1v) is 6.21. The van der Waals surface area contributed by atoms with E-state index in [1.165, 1.54) is 24.3 Å². The molecule has 0 aliphatic heterocycles. The highest BCUT2D eigenvalue weighted by Gasteiger charge is 2.24. The van der Waals surface area contributed by atoms with Gasteiger partial charge >= 0.3 is 17.3 Å². The number of nitro benzene ring substituents is 1. The third-order valence-corrected chi connectivity index (χ3v) is 3.02. The van der Waals surface area contributed by atoms with E-state index in [1.54, 1.807) is 0 Å². The third-order valence-electron chi connectivity index (χ3n) is 2.40. The van der Waals surface area contributed by atoms with Crippen molar-refractivity contribution in [2.75, 3.05) is 5.73 Å². The van der Waals surface area contributed by atoms with Gasteiger partial charge in [0.1, 0.15) is 5.82 Å². The smallest absolute Gasteiger partial charge is 0.331 e. The molecule has 0 aliphatic carbocycles. The highest BCUT2D eigenvalue weighted by Crippen LogP contribution is 2.40. The molecule has 1 aromatic heterocycles. The first-order chi connectivity index (χ1) is 9.90. The minimum absolute atomic E-state index is 0.00898. The number of halogens is 1. The van der Waals surface area contributed by atoms with Crippen LogP contribution < -0.4 is 10.5 Å². The van der Waals surface area contributed by atoms with Crippen LogP contribution in [0.2, 0.25) is 0 Å². The number of nitrogens with zero attached hydrogens (tertiary/aromatic N) is 3. The Morgan fingerprint density at radius 1 is 1.10 bits per heavy atom. The van der Waals surface area contributed by atoms with E-state index in [-0.39, 0.29) is 21.7 Å². The number of anilines is 1. The monoisotopic (exact) mass is 354 g/mol. The molecule has 2 N–H and O–H groups in total. The van der Waals surface area contributed by atoms with Crippen molar-refractivity contribution >= 4 is 33.1 Å². The molecule has 0 atom stereocenters. The normalized spacial score (nSPS) is 10.1. The Labute approximate surface area is 125 Å². The molecule has 0 radical (unpaired) electrons. The summed E-state index contributed by atoms with van der Waals surface area (Å²) in [4.78, 5) is 24.2. The lowest BCUT2D eigenvalue weighted by Gasteiger charge is -2.08. The molecule has 0 saturated heterocycles. The number of rotatable bonds is 4. The quantitative estimate of drug-likeness (QED) is 0.658. The molecule has 21 heavy (non-hydrogen) atoms. The number of aromatic nitrogens is 1. The Kier molecular flexibility index (Phi) is 3.98. The predicted molar refractivity (Wildman–Crippen MR) is 76.2 cm³/mol. The fourth-order valence-corrected chi connectivity index (χ4v) is 1.94. The van der Waals surface area contributed by atoms with Gasteiger partial charge in [0.2, 0.25) is 5.75 Å². The van der Waals surface area contributed by atoms with Gasteiger partial charge in [-0.05, 0) is 28.1 Å². The van der Waals surface area contributed by atoms with E-state index in [0.29, 0.717) is 0 Å². The minimum atomic E-state index is -0.718. The molecule has 0 saturated carbocycles. The molecule has 9 nitrogen and oxygen atoms in total. The summed E-state index contributed by atoms with van der Waals surface area (Å²) in [5, 5.41) is 21.9. The first kappa shape index (κ1) is 14.7. The van der Waals surface area contributed by atoms with Crippen molar-refractivity contribution in [2.24, 2.45) is 0 Å². The summed E-state index contributed by atoms with van der Waals surface area (Å²) in [6.45, 7) is 0. The number of hydrogen-bond donors (Lipinski definition) is 1. The Bertz CT molecular complexity index is 737. The summed E-state index contributed by atoms with van der Waals surface area (Å²) in [7, 11) is 0. The summed E-state index contributed by atoms with van der Waals surface area (Å²) < 4.78 is 5.51. The van der Waals surface area contributed by atoms with Gasteiger partial charge in [-0.2, -0.15) is 4.98 Å². The second-order valence-corrected chi connectivity index (χ2v) is 4.62. The molecular formula is C11H7BrN4O5. The topological polar surface area (TPSA) is 134 Å². The molecule has 0 spiro atoms. The van der Waals surface area contributed by atoms with Crippen LogP contribution in [0.25, 0.3) is 0 Å². The second-order valence-electron chi connectivity index (χ2n) is 3.76. The summed E-state index contributed by atoms with van der Waals surface area (Å²) in [6, 6.07) is 6.49. The molecule has 2 aromatic rings. The van der Waals surface area contributed by atoms with E-state index in [9.17, 15) is 20.2 Å². The van der Waals surface area contributed by atoms with Gasteiger partial charge in [-0.15, -0.1) is 0 Å². The molecule has 10 heteroatoms. The maximum atomic E-state index is 11.0. The molecule has 108 valence electrons. The van der Waals surface area contributed by atoms with Crippen LogP contribution in [0.3, 0.4) is 0 Å². The molecule has 0 amide bonds. The van der Waals surface area contributed by atoms with E-state index in [0.717, 1.165) is 6.07 Å². The van der Waals surface area contributed by atoms with Crippen LogP contribution in [0.5, 0.6) is 11.6 Å². The fourth-order valence-electron chi connectivity index (χ4n) is 1.50. The van der Waals surface area contributed by atoms with Gasteiger partial charge in [0.25, 0.3) is 0 Å². The first-order valence-electron chi connectivity index (χ1n) is 5.42. The van der Waals surface area contributed by atoms with Gasteiger partial charge in [-0.25, -0.2) is 0 Å². The van der Waals surface area contributed by atoms with E-state index in [2.05, 4.69) is 20.9 Å². The average Bonchev–Trinajstić information content (AvgIpc) is 2.40. The zero-order chi connectivity index (χ0) is 15.6. The number of para-hydroxylation sites is 1. The summed E-state index contributed by atoms with van der Waals surface area (Å²) >= 11 is 3.09. The highest BCUT2D eigenvalue weighted by molar-refractivity contribution is 9.10. The van der Waals surface area contributed by atoms with Gasteiger partial charge in [-0.1, -0.05) is 6.07 Å². The van der Waals surface area contributed by atoms with Gasteiger partial charge in [0.05, 0.1) is 14.3 Å². The Hall–Kier alpha value is -2.75. The summed E-state index contributed by atoms with van der Waals surface area (Å²) in [6.07, 6.45) is 0. The lowest BCUT2D eigenvalue weighted by molar-refractivity contribution is -0.387. The van der Waals surface area contributed by atoms with Crippen LogP contribution in [0, 0.1) is 20.2 Å². The molecule has 0 aliphatic rings. The molecule has 0 unspecified atom stereocenters. The van der Waals surface area contributed by atoms with Crippen molar-refractivity contribution in [1.82, 2.24) is 4.98 Å². The zero-order valence-electron chi connectivity index (χ0n) is 10.2. The van der Waals surface area contributed by atoms with Crippen LogP contribution in [0.1, 0.15) is 0 Å². The van der Waals surface area contributed by atoms with Gasteiger partial charge in [0, 0.05) is 12.1 Å². The second kappa shape index (κ2) is 5.71. The van der Waals surface area contributed by atoms with Crippen LogP contribution in [0.15, 0.2) is 34.8 Å². The number of benzene rings is 1. The molecule has 0 bridgehead atoms. The largest absolute Gasteiger partial charge is 0.425 e. The maximum absolute atomic E-state index is 11.0. The Balaban J connectivity index is 2.55. The van der Waals surface area contributed by atoms with Crippen LogP contribution >= 0.6 is 15.9 Å². The molecule has 2 rings (SSSR count). The zero-order valence-corrected chi connectivity index (χ0v) is 11.8. The number of nitrogens with two attached hydrogens (primary N) is 1. The third kappa shape index (κ3) is 3.05. The molecule has 1 aromatic carbocycles. The number of pyridine rings is 1. The van der Waals surface area contributed by atoms with E-state index >= 15 is 0 Å². The van der Waals surface area contributed by atoms with Crippen molar-refractivity contribution in [1.29, 1.82) is 0 Å². The average molecular weight is 355 g/mol. The fraction of sp³-hybridized carbons (Fsp3) is 0. The van der Waals surface area contributed by atoms with Crippen LogP contribution in [0.4, 0.5) is 17.2 Å². The molecule has 1 heterocycles. The molecule has 0 fully saturated rings. The summed E-state index contributed by atoms with van der Waals surface area (Å²) in [5.74, 6) is -0.621. The van der Waals surface area contributed by atoms with E-state index in [1.807, 2.05) is 0 Å². The van der Waals surface area contributed by atoms with E-state index < -0.39 is 21.4 Å². The highest BCUT2D eigenvalue weighted by atomic mass is 79.9. The van der Waals surface area contributed by atoms with Crippen LogP contribution in [-0.2, 0) is 0 Å². The minimum Gasteiger partial charge on any atom is -0.425 e. The predicted octanol–water partition coefficient (Wildman–Crippen LogP) is 3.04. The van der Waals surface area contributed by atoms with Crippen molar-refractivity contribution in [3.63, 3.8) is 0 Å². The van der Waals surface area contributed by atoms with Crippen molar-refractivity contribution in [3.05, 3.63) is 55.0 Å². The number of ether oxygens (including phenoxy) is 1. The van der Waals surface area contributed by atoms with E-state index in [4.69, 9.17) is 10.5 Å². The number of nitro groups is 2. The van der Waals surface area contributed by atoms with Crippen molar-refractivity contribution in [2.45, 2.75) is 0 Å². The van der Waals surface area contributed by atoms with Gasteiger partial charge in [-0.3, -0.25) is 20.2 Å². The standard InChI is InChI=1S/C11H7BrN4O5/c12-6-2-1-3-7(15(17)18)10(6)21-11-8(16(19)20)4-5-9(13)14-11/h1-5H,(H2,13,14). The lowest BCUT2D eigenvalue weighted by Crippen LogP contribution is -2.01. The van der Waals surface area contributed by atoms with Crippen molar-refractivity contribution < 1.29 is 14.6 Å². The van der Waals surface area contributed by atoms with Crippen LogP contribution in [-0.4, -0.2) is 14.8 Å². The number of hydrogen-bond acceptors (Lipinski definition) is 7. The lowest BCUT2D eigenvalue weighted by atomic mass is 10.3.